The molecule has 0 spiro atoms. The summed E-state index contributed by atoms with van der Waals surface area (Å²) in [7, 11) is 1.60. The molecule has 1 N–H and O–H groups in total. The maximum atomic E-state index is 12.7. The van der Waals surface area contributed by atoms with E-state index in [-0.39, 0.29) is 17.7 Å². The zero-order chi connectivity index (χ0) is 21.7. The SMILES string of the molecule is COc1ccc(/C=C2\SC(=S)N(CCCC(=O)N3CCC(C(=O)O)CC3)C2=O)cc1. The molecule has 0 aliphatic carbocycles. The first-order valence-corrected chi connectivity index (χ1v) is 11.0. The van der Waals surface area contributed by atoms with Gasteiger partial charge in [-0.3, -0.25) is 19.3 Å². The number of thioether (sulfide) groups is 1. The van der Waals surface area contributed by atoms with Gasteiger partial charge in [0.1, 0.15) is 10.1 Å². The maximum Gasteiger partial charge on any atom is 0.306 e. The fourth-order valence-electron chi connectivity index (χ4n) is 3.47. The number of carboxylic acids is 1. The van der Waals surface area contributed by atoms with Crippen LogP contribution in [-0.2, 0) is 14.4 Å². The number of nitrogens with zero attached hydrogens (tertiary/aromatic N) is 2. The first-order valence-electron chi connectivity index (χ1n) is 9.79. The molecule has 0 unspecified atom stereocenters. The van der Waals surface area contributed by atoms with E-state index in [0.29, 0.717) is 54.5 Å². The Morgan fingerprint density at radius 3 is 2.53 bits per heavy atom. The van der Waals surface area contributed by atoms with E-state index >= 15 is 0 Å². The summed E-state index contributed by atoms with van der Waals surface area (Å²) in [6, 6.07) is 7.41. The minimum atomic E-state index is -0.792. The standard InChI is InChI=1S/C21H24N2O5S2/c1-28-16-6-4-14(5-7-16)13-17-19(25)23(21(29)30-17)10-2-3-18(24)22-11-8-15(9-12-22)20(26)27/h4-7,13,15H,2-3,8-12H2,1H3,(H,26,27)/b17-13-. The number of amides is 2. The average molecular weight is 449 g/mol. The monoisotopic (exact) mass is 448 g/mol. The predicted octanol–water partition coefficient (Wildman–Crippen LogP) is 3.00. The quantitative estimate of drug-likeness (QED) is 0.507. The molecule has 0 atom stereocenters. The maximum absolute atomic E-state index is 12.7. The molecule has 160 valence electrons. The van der Waals surface area contributed by atoms with Crippen molar-refractivity contribution in [3.05, 3.63) is 34.7 Å². The van der Waals surface area contributed by atoms with Crippen LogP contribution in [0.15, 0.2) is 29.2 Å². The molecule has 0 saturated carbocycles. The Morgan fingerprint density at radius 2 is 1.93 bits per heavy atom. The minimum absolute atomic E-state index is 0.00180. The number of carboxylic acid groups (broad SMARTS) is 1. The van der Waals surface area contributed by atoms with Crippen molar-refractivity contribution < 1.29 is 24.2 Å². The molecule has 2 aliphatic rings. The Morgan fingerprint density at radius 1 is 1.27 bits per heavy atom. The fraction of sp³-hybridized carbons (Fsp3) is 0.429. The average Bonchev–Trinajstić information content (AvgIpc) is 3.01. The highest BCUT2D eigenvalue weighted by Gasteiger charge is 2.32. The largest absolute Gasteiger partial charge is 0.497 e. The molecule has 0 bridgehead atoms. The summed E-state index contributed by atoms with van der Waals surface area (Å²) in [6.07, 6.45) is 3.61. The fourth-order valence-corrected chi connectivity index (χ4v) is 4.78. The third-order valence-electron chi connectivity index (χ3n) is 5.26. The highest BCUT2D eigenvalue weighted by molar-refractivity contribution is 8.26. The Kier molecular flexibility index (Phi) is 7.49. The van der Waals surface area contributed by atoms with E-state index in [0.717, 1.165) is 11.3 Å². The number of ether oxygens (including phenoxy) is 1. The van der Waals surface area contributed by atoms with Crippen molar-refractivity contribution in [2.24, 2.45) is 5.92 Å². The molecule has 0 radical (unpaired) electrons. The molecule has 2 fully saturated rings. The summed E-state index contributed by atoms with van der Waals surface area (Å²) in [5, 5.41) is 9.05. The van der Waals surface area contributed by atoms with Gasteiger partial charge in [0.05, 0.1) is 17.9 Å². The van der Waals surface area contributed by atoms with Gasteiger partial charge in [0.15, 0.2) is 0 Å². The molecule has 0 aromatic heterocycles. The Bertz CT molecular complexity index is 861. The van der Waals surface area contributed by atoms with E-state index in [1.54, 1.807) is 23.0 Å². The highest BCUT2D eigenvalue weighted by atomic mass is 32.2. The summed E-state index contributed by atoms with van der Waals surface area (Å²) in [4.78, 5) is 39.9. The van der Waals surface area contributed by atoms with Gasteiger partial charge >= 0.3 is 5.97 Å². The van der Waals surface area contributed by atoms with Crippen LogP contribution in [0.3, 0.4) is 0 Å². The highest BCUT2D eigenvalue weighted by Crippen LogP contribution is 2.33. The van der Waals surface area contributed by atoms with Crippen LogP contribution < -0.4 is 4.74 Å². The number of methoxy groups -OCH3 is 1. The van der Waals surface area contributed by atoms with Crippen molar-refractivity contribution >= 4 is 52.2 Å². The molecule has 1 aromatic rings. The lowest BCUT2D eigenvalue weighted by Crippen LogP contribution is -2.40. The number of aliphatic carboxylic acids is 1. The van der Waals surface area contributed by atoms with E-state index in [2.05, 4.69) is 0 Å². The normalized spacial score (nSPS) is 18.9. The van der Waals surface area contributed by atoms with Gasteiger partial charge in [-0.2, -0.15) is 0 Å². The van der Waals surface area contributed by atoms with Crippen molar-refractivity contribution in [2.75, 3.05) is 26.7 Å². The summed E-state index contributed by atoms with van der Waals surface area (Å²) < 4.78 is 5.63. The third-order valence-corrected chi connectivity index (χ3v) is 6.63. The molecule has 7 nitrogen and oxygen atoms in total. The van der Waals surface area contributed by atoms with Gasteiger partial charge in [0.25, 0.3) is 5.91 Å². The lowest BCUT2D eigenvalue weighted by atomic mass is 9.97. The number of hydrogen-bond acceptors (Lipinski definition) is 6. The second kappa shape index (κ2) is 10.1. The molecule has 2 amide bonds. The smallest absolute Gasteiger partial charge is 0.306 e. The second-order valence-electron chi connectivity index (χ2n) is 7.20. The van der Waals surface area contributed by atoms with Crippen molar-refractivity contribution in [3.8, 4) is 5.75 Å². The van der Waals surface area contributed by atoms with Gasteiger partial charge in [-0.15, -0.1) is 0 Å². The number of hydrogen-bond donors (Lipinski definition) is 1. The molecule has 2 saturated heterocycles. The number of carbonyl (C=O) groups excluding carboxylic acids is 2. The van der Waals surface area contributed by atoms with Crippen LogP contribution in [0.25, 0.3) is 6.08 Å². The minimum Gasteiger partial charge on any atom is -0.497 e. The van der Waals surface area contributed by atoms with Gasteiger partial charge < -0.3 is 14.7 Å². The molecule has 1 aromatic carbocycles. The number of likely N-dealkylation sites (tertiary alicyclic amines) is 1. The molecule has 9 heteroatoms. The summed E-state index contributed by atoms with van der Waals surface area (Å²) >= 11 is 6.61. The first kappa shape index (κ1) is 22.3. The lowest BCUT2D eigenvalue weighted by Gasteiger charge is -2.30. The van der Waals surface area contributed by atoms with Crippen molar-refractivity contribution in [3.63, 3.8) is 0 Å². The first-order chi connectivity index (χ1) is 14.4. The molecule has 2 heterocycles. The van der Waals surface area contributed by atoms with Gasteiger partial charge in [-0.1, -0.05) is 36.1 Å². The van der Waals surface area contributed by atoms with Gasteiger partial charge in [-0.25, -0.2) is 0 Å². The number of carbonyl (C=O) groups is 3. The summed E-state index contributed by atoms with van der Waals surface area (Å²) in [5.74, 6) is -0.550. The van der Waals surface area contributed by atoms with Crippen LogP contribution in [0.1, 0.15) is 31.2 Å². The number of benzene rings is 1. The van der Waals surface area contributed by atoms with Gasteiger partial charge in [0.2, 0.25) is 5.91 Å². The van der Waals surface area contributed by atoms with Gasteiger partial charge in [-0.05, 0) is 43.0 Å². The van der Waals surface area contributed by atoms with E-state index in [4.69, 9.17) is 22.1 Å². The molecule has 3 rings (SSSR count). The zero-order valence-electron chi connectivity index (χ0n) is 16.7. The van der Waals surface area contributed by atoms with E-state index in [9.17, 15) is 14.4 Å². The van der Waals surface area contributed by atoms with Crippen LogP contribution in [0.2, 0.25) is 0 Å². The molecule has 2 aliphatic heterocycles. The van der Waals surface area contributed by atoms with Crippen LogP contribution in [0.5, 0.6) is 5.75 Å². The van der Waals surface area contributed by atoms with Crippen LogP contribution in [-0.4, -0.2) is 63.8 Å². The number of thiocarbonyl (C=S) groups is 1. The Hall–Kier alpha value is -2.39. The van der Waals surface area contributed by atoms with Crippen LogP contribution in [0, 0.1) is 5.92 Å². The van der Waals surface area contributed by atoms with Gasteiger partial charge in [0, 0.05) is 26.1 Å². The second-order valence-corrected chi connectivity index (χ2v) is 8.88. The van der Waals surface area contributed by atoms with Crippen LogP contribution in [0.4, 0.5) is 0 Å². The topological polar surface area (TPSA) is 87.2 Å². The zero-order valence-corrected chi connectivity index (χ0v) is 18.3. The molecule has 30 heavy (non-hydrogen) atoms. The van der Waals surface area contributed by atoms with Crippen LogP contribution >= 0.6 is 24.0 Å². The lowest BCUT2D eigenvalue weighted by molar-refractivity contribution is -0.145. The molecular formula is C21H24N2O5S2. The van der Waals surface area contributed by atoms with Crippen molar-refractivity contribution in [1.82, 2.24) is 9.80 Å². The van der Waals surface area contributed by atoms with E-state index in [1.807, 2.05) is 24.3 Å². The van der Waals surface area contributed by atoms with E-state index in [1.165, 1.54) is 11.8 Å². The number of rotatable bonds is 7. The third kappa shape index (κ3) is 5.40. The molecular weight excluding hydrogens is 424 g/mol. The Labute approximate surface area is 185 Å². The predicted molar refractivity (Wildman–Crippen MR) is 119 cm³/mol. The van der Waals surface area contributed by atoms with Crippen molar-refractivity contribution in [2.45, 2.75) is 25.7 Å². The van der Waals surface area contributed by atoms with Crippen molar-refractivity contribution in [1.29, 1.82) is 0 Å². The Balaban J connectivity index is 1.49. The number of piperidine rings is 1. The van der Waals surface area contributed by atoms with E-state index < -0.39 is 5.97 Å². The summed E-state index contributed by atoms with van der Waals surface area (Å²) in [5.41, 5.74) is 0.885. The summed E-state index contributed by atoms with van der Waals surface area (Å²) in [6.45, 7) is 1.34.